The van der Waals surface area contributed by atoms with Gasteiger partial charge in [-0.3, -0.25) is 9.79 Å². The predicted molar refractivity (Wildman–Crippen MR) is 68.5 cm³/mol. The molecule has 0 atom stereocenters. The van der Waals surface area contributed by atoms with Gasteiger partial charge in [-0.05, 0) is 5.57 Å². The van der Waals surface area contributed by atoms with Gasteiger partial charge in [0.1, 0.15) is 5.84 Å². The summed E-state index contributed by atoms with van der Waals surface area (Å²) in [5.41, 5.74) is 1.00. The van der Waals surface area contributed by atoms with Gasteiger partial charge in [-0.1, -0.05) is 31.4 Å². The number of likely N-dealkylation sites (N-methyl/N-ethyl adjacent to an activating group) is 1. The summed E-state index contributed by atoms with van der Waals surface area (Å²) >= 11 is 0. The molecule has 4 heteroatoms. The Morgan fingerprint density at radius 3 is 2.56 bits per heavy atom. The first-order chi connectivity index (χ1) is 7.67. The van der Waals surface area contributed by atoms with Gasteiger partial charge in [-0.15, -0.1) is 0 Å². The average Bonchev–Trinajstić information content (AvgIpc) is 2.32. The fourth-order valence-electron chi connectivity index (χ4n) is 1.04. The zero-order chi connectivity index (χ0) is 12.4. The molecule has 0 aliphatic carbocycles. The Labute approximate surface area is 96.8 Å². The number of hydrogen-bond acceptors (Lipinski definition) is 2. The Kier molecular flexibility index (Phi) is 7.49. The van der Waals surface area contributed by atoms with Crippen molar-refractivity contribution >= 4 is 11.7 Å². The first kappa shape index (κ1) is 14.2. The Bertz CT molecular complexity index is 316. The molecule has 2 N–H and O–H groups in total. The van der Waals surface area contributed by atoms with Crippen molar-refractivity contribution in [1.82, 2.24) is 10.6 Å². The van der Waals surface area contributed by atoms with Crippen LogP contribution in [0.1, 0.15) is 6.42 Å². The standard InChI is InChI=1S/C12H19N3O/c1-5-7-10(6-2)8-11(13-3)15-9-12(16)14-4/h5-7H,1-2,8-9H2,3-4H3,(H,13,15)(H,14,16)/b10-7+. The summed E-state index contributed by atoms with van der Waals surface area (Å²) in [5, 5.41) is 5.49. The summed E-state index contributed by atoms with van der Waals surface area (Å²) in [7, 11) is 3.28. The normalized spacial score (nSPS) is 11.9. The summed E-state index contributed by atoms with van der Waals surface area (Å²) in [6, 6.07) is 0. The summed E-state index contributed by atoms with van der Waals surface area (Å²) in [5.74, 6) is 0.672. The van der Waals surface area contributed by atoms with E-state index >= 15 is 0 Å². The van der Waals surface area contributed by atoms with Crippen LogP contribution in [0.2, 0.25) is 0 Å². The van der Waals surface area contributed by atoms with Crippen molar-refractivity contribution in [3.8, 4) is 0 Å². The SMILES string of the molecule is C=C/C=C(\C=C)CC(=NC)NCC(=O)NC. The lowest BCUT2D eigenvalue weighted by Crippen LogP contribution is -2.35. The van der Waals surface area contributed by atoms with Crippen molar-refractivity contribution in [2.45, 2.75) is 6.42 Å². The maximum absolute atomic E-state index is 11.0. The van der Waals surface area contributed by atoms with Crippen LogP contribution in [0.25, 0.3) is 0 Å². The number of allylic oxidation sites excluding steroid dienone is 3. The molecule has 1 amide bonds. The highest BCUT2D eigenvalue weighted by atomic mass is 16.1. The van der Waals surface area contributed by atoms with E-state index in [1.807, 2.05) is 6.08 Å². The van der Waals surface area contributed by atoms with Crippen LogP contribution >= 0.6 is 0 Å². The van der Waals surface area contributed by atoms with Gasteiger partial charge in [0.25, 0.3) is 0 Å². The summed E-state index contributed by atoms with van der Waals surface area (Å²) in [6.45, 7) is 7.54. The minimum absolute atomic E-state index is 0.0750. The molecular formula is C12H19N3O. The second-order valence-corrected chi connectivity index (χ2v) is 3.06. The van der Waals surface area contributed by atoms with Crippen LogP contribution in [0.4, 0.5) is 0 Å². The van der Waals surface area contributed by atoms with E-state index in [-0.39, 0.29) is 12.5 Å². The third-order valence-corrected chi connectivity index (χ3v) is 1.97. The lowest BCUT2D eigenvalue weighted by atomic mass is 10.1. The number of rotatable bonds is 6. The first-order valence-corrected chi connectivity index (χ1v) is 5.02. The van der Waals surface area contributed by atoms with Crippen molar-refractivity contribution < 1.29 is 4.79 Å². The average molecular weight is 221 g/mol. The zero-order valence-corrected chi connectivity index (χ0v) is 9.92. The van der Waals surface area contributed by atoms with Crippen molar-refractivity contribution in [3.05, 3.63) is 37.0 Å². The van der Waals surface area contributed by atoms with Crippen molar-refractivity contribution in [2.24, 2.45) is 4.99 Å². The van der Waals surface area contributed by atoms with Gasteiger partial charge >= 0.3 is 0 Å². The molecule has 0 bridgehead atoms. The summed E-state index contributed by atoms with van der Waals surface area (Å²) in [6.07, 6.45) is 5.92. The van der Waals surface area contributed by atoms with Gasteiger partial charge in [0.05, 0.1) is 6.54 Å². The molecular weight excluding hydrogens is 202 g/mol. The van der Waals surface area contributed by atoms with E-state index in [1.165, 1.54) is 0 Å². The molecule has 0 aromatic heterocycles. The number of amides is 1. The van der Waals surface area contributed by atoms with E-state index in [2.05, 4.69) is 28.8 Å². The molecule has 0 rings (SSSR count). The second-order valence-electron chi connectivity index (χ2n) is 3.06. The molecule has 0 heterocycles. The molecule has 88 valence electrons. The maximum atomic E-state index is 11.0. The van der Waals surface area contributed by atoms with Crippen LogP contribution in [0, 0.1) is 0 Å². The van der Waals surface area contributed by atoms with Crippen LogP contribution in [0.5, 0.6) is 0 Å². The highest BCUT2D eigenvalue weighted by Crippen LogP contribution is 2.03. The van der Waals surface area contributed by atoms with E-state index in [0.717, 1.165) is 11.4 Å². The van der Waals surface area contributed by atoms with Crippen molar-refractivity contribution in [3.63, 3.8) is 0 Å². The lowest BCUT2D eigenvalue weighted by molar-refractivity contribution is -0.119. The van der Waals surface area contributed by atoms with Gasteiger partial charge in [-0.2, -0.15) is 0 Å². The molecule has 0 aromatic carbocycles. The number of nitrogens with one attached hydrogen (secondary N) is 2. The molecule has 0 unspecified atom stereocenters. The minimum Gasteiger partial charge on any atom is -0.365 e. The van der Waals surface area contributed by atoms with Crippen LogP contribution in [0.3, 0.4) is 0 Å². The van der Waals surface area contributed by atoms with E-state index in [1.54, 1.807) is 26.2 Å². The van der Waals surface area contributed by atoms with Gasteiger partial charge in [0, 0.05) is 20.5 Å². The minimum atomic E-state index is -0.0750. The van der Waals surface area contributed by atoms with Crippen molar-refractivity contribution in [1.29, 1.82) is 0 Å². The fourth-order valence-corrected chi connectivity index (χ4v) is 1.04. The number of aliphatic imine (C=N–C) groups is 1. The fraction of sp³-hybridized carbons (Fsp3) is 0.333. The topological polar surface area (TPSA) is 53.5 Å². The first-order valence-electron chi connectivity index (χ1n) is 5.02. The highest BCUT2D eigenvalue weighted by Gasteiger charge is 2.02. The molecule has 0 aromatic rings. The van der Waals surface area contributed by atoms with E-state index in [0.29, 0.717) is 6.42 Å². The third kappa shape index (κ3) is 5.80. The predicted octanol–water partition coefficient (Wildman–Crippen LogP) is 1.04. The molecule has 16 heavy (non-hydrogen) atoms. The molecule has 0 radical (unpaired) electrons. The number of hydrogen-bond donors (Lipinski definition) is 2. The van der Waals surface area contributed by atoms with Crippen LogP contribution in [-0.4, -0.2) is 32.4 Å². The Hall–Kier alpha value is -1.84. The molecule has 0 aliphatic rings. The van der Waals surface area contributed by atoms with E-state index < -0.39 is 0 Å². The molecule has 0 aliphatic heterocycles. The molecule has 0 spiro atoms. The monoisotopic (exact) mass is 221 g/mol. The quantitative estimate of drug-likeness (QED) is 0.400. The Morgan fingerprint density at radius 2 is 2.12 bits per heavy atom. The Balaban J connectivity index is 4.31. The van der Waals surface area contributed by atoms with E-state index in [9.17, 15) is 4.79 Å². The van der Waals surface area contributed by atoms with E-state index in [4.69, 9.17) is 0 Å². The summed E-state index contributed by atoms with van der Waals surface area (Å²) < 4.78 is 0. The van der Waals surface area contributed by atoms with Crippen molar-refractivity contribution in [2.75, 3.05) is 20.6 Å². The Morgan fingerprint density at radius 1 is 1.44 bits per heavy atom. The molecule has 4 nitrogen and oxygen atoms in total. The molecule has 0 saturated heterocycles. The van der Waals surface area contributed by atoms with Crippen LogP contribution in [-0.2, 0) is 4.79 Å². The maximum Gasteiger partial charge on any atom is 0.239 e. The van der Waals surface area contributed by atoms with Gasteiger partial charge in [0.15, 0.2) is 0 Å². The third-order valence-electron chi connectivity index (χ3n) is 1.97. The van der Waals surface area contributed by atoms with Gasteiger partial charge in [-0.25, -0.2) is 0 Å². The largest absolute Gasteiger partial charge is 0.365 e. The number of nitrogens with zero attached hydrogens (tertiary/aromatic N) is 1. The molecule has 0 saturated carbocycles. The highest BCUT2D eigenvalue weighted by molar-refractivity contribution is 5.89. The summed E-state index contributed by atoms with van der Waals surface area (Å²) in [4.78, 5) is 15.1. The van der Waals surface area contributed by atoms with Crippen LogP contribution in [0.15, 0.2) is 42.0 Å². The van der Waals surface area contributed by atoms with Gasteiger partial charge < -0.3 is 10.6 Å². The van der Waals surface area contributed by atoms with Gasteiger partial charge in [0.2, 0.25) is 5.91 Å². The van der Waals surface area contributed by atoms with Crippen LogP contribution < -0.4 is 10.6 Å². The lowest BCUT2D eigenvalue weighted by Gasteiger charge is -2.08. The molecule has 0 fully saturated rings. The number of carbonyl (C=O) groups is 1. The number of amidine groups is 1. The smallest absolute Gasteiger partial charge is 0.239 e. The zero-order valence-electron chi connectivity index (χ0n) is 9.92. The second kappa shape index (κ2) is 8.47. The number of carbonyl (C=O) groups excluding carboxylic acids is 1.